The van der Waals surface area contributed by atoms with Crippen molar-refractivity contribution in [3.8, 4) is 0 Å². The van der Waals surface area contributed by atoms with Crippen LogP contribution in [0.3, 0.4) is 0 Å². The third-order valence-electron chi connectivity index (χ3n) is 7.63. The zero-order valence-electron chi connectivity index (χ0n) is 20.9. The average molecular weight is 474 g/mol. The van der Waals surface area contributed by atoms with Crippen molar-refractivity contribution in [3.05, 3.63) is 65.6 Å². The number of carbonyl (C=O) groups is 1. The van der Waals surface area contributed by atoms with Gasteiger partial charge in [-0.05, 0) is 49.9 Å². The number of nitrogens with one attached hydrogen (secondary N) is 1. The van der Waals surface area contributed by atoms with E-state index in [1.165, 1.54) is 68.5 Å². The molecule has 2 aromatic heterocycles. The van der Waals surface area contributed by atoms with Crippen molar-refractivity contribution >= 4 is 16.8 Å². The third kappa shape index (κ3) is 5.93. The van der Waals surface area contributed by atoms with Gasteiger partial charge in [-0.3, -0.25) is 14.7 Å². The lowest BCUT2D eigenvalue weighted by Crippen LogP contribution is -2.46. The van der Waals surface area contributed by atoms with Gasteiger partial charge in [-0.2, -0.15) is 0 Å². The molecule has 0 unspecified atom stereocenters. The molecule has 3 aromatic rings. The minimum absolute atomic E-state index is 0.102. The van der Waals surface area contributed by atoms with Crippen LogP contribution < -0.4 is 5.32 Å². The molecule has 186 valence electrons. The molecule has 1 fully saturated rings. The number of amides is 1. The maximum atomic E-state index is 12.7. The van der Waals surface area contributed by atoms with E-state index in [9.17, 15) is 4.79 Å². The van der Waals surface area contributed by atoms with E-state index in [-0.39, 0.29) is 5.91 Å². The van der Waals surface area contributed by atoms with Gasteiger partial charge in [0.05, 0.1) is 5.56 Å². The summed E-state index contributed by atoms with van der Waals surface area (Å²) >= 11 is 0. The summed E-state index contributed by atoms with van der Waals surface area (Å²) in [5.41, 5.74) is 4.69. The Hall–Kier alpha value is -2.70. The largest absolute Gasteiger partial charge is 0.352 e. The van der Waals surface area contributed by atoms with E-state index in [2.05, 4.69) is 48.9 Å². The van der Waals surface area contributed by atoms with Crippen molar-refractivity contribution < 1.29 is 4.79 Å². The molecule has 1 N–H and O–H groups in total. The topological polar surface area (TPSA) is 53.4 Å². The first kappa shape index (κ1) is 24.0. The minimum atomic E-state index is 0.102. The first-order valence-corrected chi connectivity index (χ1v) is 13.5. The van der Waals surface area contributed by atoms with Crippen LogP contribution in [-0.4, -0.2) is 64.5 Å². The van der Waals surface area contributed by atoms with Crippen molar-refractivity contribution in [2.24, 2.45) is 0 Å². The van der Waals surface area contributed by atoms with Crippen molar-refractivity contribution in [3.63, 3.8) is 0 Å². The van der Waals surface area contributed by atoms with Crippen LogP contribution in [0.4, 0.5) is 0 Å². The third-order valence-corrected chi connectivity index (χ3v) is 7.63. The zero-order valence-corrected chi connectivity index (χ0v) is 20.9. The number of benzene rings is 1. The van der Waals surface area contributed by atoms with Gasteiger partial charge in [0.1, 0.15) is 0 Å². The molecule has 4 heterocycles. The van der Waals surface area contributed by atoms with Gasteiger partial charge in [0.15, 0.2) is 0 Å². The van der Waals surface area contributed by atoms with Gasteiger partial charge in [0.25, 0.3) is 5.91 Å². The Balaban J connectivity index is 1.02. The monoisotopic (exact) mass is 473 g/mol. The molecule has 35 heavy (non-hydrogen) atoms. The van der Waals surface area contributed by atoms with Crippen molar-refractivity contribution in [2.45, 2.75) is 58.0 Å². The Morgan fingerprint density at radius 2 is 1.63 bits per heavy atom. The number of hydrogen-bond acceptors (Lipinski definition) is 4. The normalized spacial score (nSPS) is 17.3. The molecular weight excluding hydrogens is 434 g/mol. The summed E-state index contributed by atoms with van der Waals surface area (Å²) in [6, 6.07) is 12.6. The highest BCUT2D eigenvalue weighted by atomic mass is 16.1. The molecule has 0 saturated carbocycles. The Morgan fingerprint density at radius 3 is 2.46 bits per heavy atom. The molecule has 2 aliphatic heterocycles. The van der Waals surface area contributed by atoms with Crippen molar-refractivity contribution in [1.29, 1.82) is 0 Å². The molecular formula is C29H39N5O. The lowest BCUT2D eigenvalue weighted by Gasteiger charge is -2.34. The number of hydrogen-bond donors (Lipinski definition) is 1. The summed E-state index contributed by atoms with van der Waals surface area (Å²) in [6.45, 7) is 8.71. The van der Waals surface area contributed by atoms with Gasteiger partial charge in [0, 0.05) is 74.8 Å². The quantitative estimate of drug-likeness (QED) is 0.441. The van der Waals surface area contributed by atoms with Crippen LogP contribution >= 0.6 is 0 Å². The lowest BCUT2D eigenvalue weighted by atomic mass is 10.1. The molecule has 1 aromatic carbocycles. The number of rotatable bonds is 10. The zero-order chi connectivity index (χ0) is 23.9. The first-order valence-electron chi connectivity index (χ1n) is 13.5. The van der Waals surface area contributed by atoms with Crippen LogP contribution in [0.15, 0.2) is 48.8 Å². The number of fused-ring (bicyclic) bond motifs is 3. The maximum absolute atomic E-state index is 12.7. The molecule has 5 rings (SSSR count). The van der Waals surface area contributed by atoms with E-state index in [0.29, 0.717) is 0 Å². The van der Waals surface area contributed by atoms with Crippen LogP contribution in [0, 0.1) is 0 Å². The molecule has 2 aliphatic rings. The highest BCUT2D eigenvalue weighted by molar-refractivity contribution is 6.08. The standard InChI is InChI=1S/C29H39N5O/c35-29-28-25-11-4-5-12-26(25)34(27(28)13-9-15-31-29)17-7-3-1-2-6-16-32-18-20-33(21-19-32)23-24-10-8-14-30-22-24/h4-5,8,10-12,14,22H,1-3,6-7,9,13,15-21,23H2,(H,31,35). The fourth-order valence-electron chi connectivity index (χ4n) is 5.73. The van der Waals surface area contributed by atoms with Gasteiger partial charge in [-0.25, -0.2) is 0 Å². The molecule has 0 spiro atoms. The van der Waals surface area contributed by atoms with Gasteiger partial charge >= 0.3 is 0 Å². The van der Waals surface area contributed by atoms with Crippen molar-refractivity contribution in [1.82, 2.24) is 24.7 Å². The van der Waals surface area contributed by atoms with Crippen molar-refractivity contribution in [2.75, 3.05) is 39.3 Å². The van der Waals surface area contributed by atoms with Gasteiger partial charge in [-0.15, -0.1) is 0 Å². The molecule has 1 saturated heterocycles. The molecule has 1 amide bonds. The summed E-state index contributed by atoms with van der Waals surface area (Å²) in [5.74, 6) is 0.102. The number of unbranched alkanes of at least 4 members (excludes halogenated alkanes) is 4. The van der Waals surface area contributed by atoms with E-state index in [1.807, 2.05) is 24.5 Å². The van der Waals surface area contributed by atoms with E-state index >= 15 is 0 Å². The summed E-state index contributed by atoms with van der Waals surface area (Å²) in [4.78, 5) is 22.1. The SMILES string of the molecule is O=C1NCCCc2c1c1ccccc1n2CCCCCCCN1CCN(Cc2cccnc2)CC1. The van der Waals surface area contributed by atoms with Crippen LogP contribution in [0.2, 0.25) is 0 Å². The van der Waals surface area contributed by atoms with E-state index < -0.39 is 0 Å². The van der Waals surface area contributed by atoms with E-state index in [0.717, 1.165) is 56.5 Å². The molecule has 0 aliphatic carbocycles. The van der Waals surface area contributed by atoms with Crippen LogP contribution in [0.25, 0.3) is 10.9 Å². The second kappa shape index (κ2) is 11.8. The molecule has 6 heteroatoms. The van der Waals surface area contributed by atoms with Gasteiger partial charge in [0.2, 0.25) is 0 Å². The smallest absolute Gasteiger partial charge is 0.253 e. The second-order valence-electron chi connectivity index (χ2n) is 10.1. The Morgan fingerprint density at radius 1 is 0.857 bits per heavy atom. The minimum Gasteiger partial charge on any atom is -0.352 e. The van der Waals surface area contributed by atoms with E-state index in [1.54, 1.807) is 0 Å². The Labute approximate surface area is 209 Å². The number of nitrogens with zero attached hydrogens (tertiary/aromatic N) is 4. The summed E-state index contributed by atoms with van der Waals surface area (Å²) in [6.07, 6.45) is 12.2. The summed E-state index contributed by atoms with van der Waals surface area (Å²) in [5, 5.41) is 4.19. The van der Waals surface area contributed by atoms with Crippen LogP contribution in [-0.2, 0) is 19.5 Å². The molecule has 6 nitrogen and oxygen atoms in total. The predicted octanol–water partition coefficient (Wildman–Crippen LogP) is 4.48. The van der Waals surface area contributed by atoms with E-state index in [4.69, 9.17) is 0 Å². The fraction of sp³-hybridized carbons (Fsp3) is 0.517. The number of para-hydroxylation sites is 1. The molecule has 0 bridgehead atoms. The van der Waals surface area contributed by atoms with Gasteiger partial charge in [-0.1, -0.05) is 43.5 Å². The average Bonchev–Trinajstić information content (AvgIpc) is 3.07. The van der Waals surface area contributed by atoms with Gasteiger partial charge < -0.3 is 14.8 Å². The number of aryl methyl sites for hydroxylation is 1. The highest BCUT2D eigenvalue weighted by Gasteiger charge is 2.23. The fourth-order valence-corrected chi connectivity index (χ4v) is 5.73. The second-order valence-corrected chi connectivity index (χ2v) is 10.1. The van der Waals surface area contributed by atoms with Crippen LogP contribution in [0.5, 0.6) is 0 Å². The Kier molecular flexibility index (Phi) is 8.11. The summed E-state index contributed by atoms with van der Waals surface area (Å²) in [7, 11) is 0. The Bertz CT molecular complexity index is 1100. The molecule has 0 atom stereocenters. The molecule has 0 radical (unpaired) electrons. The summed E-state index contributed by atoms with van der Waals surface area (Å²) < 4.78 is 2.43. The number of piperazine rings is 1. The first-order chi connectivity index (χ1) is 17.3. The number of carbonyl (C=O) groups excluding carboxylic acids is 1. The lowest BCUT2D eigenvalue weighted by molar-refractivity contribution is 0.0957. The van der Waals surface area contributed by atoms with Crippen LogP contribution in [0.1, 0.15) is 60.1 Å². The number of pyridine rings is 1. The maximum Gasteiger partial charge on any atom is 0.253 e. The predicted molar refractivity (Wildman–Crippen MR) is 142 cm³/mol. The number of aromatic nitrogens is 2. The highest BCUT2D eigenvalue weighted by Crippen LogP contribution is 2.29.